The van der Waals surface area contributed by atoms with Crippen LogP contribution in [0, 0.1) is 0 Å². The second kappa shape index (κ2) is 3.72. The molecule has 1 aliphatic heterocycles. The molecule has 0 aromatic heterocycles. The lowest BCUT2D eigenvalue weighted by Gasteiger charge is -2.33. The van der Waals surface area contributed by atoms with Gasteiger partial charge in [-0.25, -0.2) is 4.79 Å². The second-order valence-corrected chi connectivity index (χ2v) is 2.90. The Morgan fingerprint density at radius 2 is 1.94 bits per heavy atom. The zero-order valence-electron chi connectivity index (χ0n) is 7.94. The Morgan fingerprint density at radius 3 is 2.25 bits per heavy atom. The smallest absolute Gasteiger partial charge is 0.427 e. The highest BCUT2D eigenvalue weighted by Crippen LogP contribution is 2.47. The van der Waals surface area contributed by atoms with Gasteiger partial charge in [-0.1, -0.05) is 0 Å². The van der Waals surface area contributed by atoms with Crippen LogP contribution in [-0.4, -0.2) is 37.3 Å². The fourth-order valence-corrected chi connectivity index (χ4v) is 1.11. The van der Waals surface area contributed by atoms with Crippen molar-refractivity contribution in [2.75, 3.05) is 13.2 Å². The first kappa shape index (κ1) is 12.9. The van der Waals surface area contributed by atoms with Crippen LogP contribution in [0.3, 0.4) is 0 Å². The van der Waals surface area contributed by atoms with Gasteiger partial charge in [-0.2, -0.15) is 22.0 Å². The van der Waals surface area contributed by atoms with E-state index in [4.69, 9.17) is 0 Å². The number of alkyl halides is 5. The molecule has 1 heterocycles. The average Bonchev–Trinajstić information content (AvgIpc) is 2.47. The van der Waals surface area contributed by atoms with Crippen molar-refractivity contribution in [3.63, 3.8) is 0 Å². The molecule has 0 radical (unpaired) electrons. The third-order valence-corrected chi connectivity index (χ3v) is 1.84. The predicted molar refractivity (Wildman–Crippen MR) is 37.8 cm³/mol. The van der Waals surface area contributed by atoms with Gasteiger partial charge in [-0.15, -0.1) is 0 Å². The Bertz CT molecular complexity index is 289. The van der Waals surface area contributed by atoms with E-state index in [1.54, 1.807) is 0 Å². The van der Waals surface area contributed by atoms with Crippen molar-refractivity contribution in [3.8, 4) is 0 Å². The minimum atomic E-state index is -5.91. The van der Waals surface area contributed by atoms with Gasteiger partial charge in [-0.3, -0.25) is 0 Å². The van der Waals surface area contributed by atoms with E-state index in [1.165, 1.54) is 6.92 Å². The molecule has 94 valence electrons. The molecule has 1 saturated heterocycles. The van der Waals surface area contributed by atoms with Crippen molar-refractivity contribution in [1.29, 1.82) is 0 Å². The van der Waals surface area contributed by atoms with Gasteiger partial charge in [0.1, 0.15) is 0 Å². The van der Waals surface area contributed by atoms with E-state index in [9.17, 15) is 26.7 Å². The van der Waals surface area contributed by atoms with E-state index in [0.29, 0.717) is 0 Å². The van der Waals surface area contributed by atoms with Crippen LogP contribution in [0.15, 0.2) is 0 Å². The highest BCUT2D eigenvalue weighted by Gasteiger charge is 2.76. The van der Waals surface area contributed by atoms with E-state index in [-0.39, 0.29) is 0 Å². The second-order valence-electron chi connectivity index (χ2n) is 2.90. The van der Waals surface area contributed by atoms with Crippen LogP contribution in [-0.2, 0) is 14.2 Å². The fourth-order valence-electron chi connectivity index (χ4n) is 1.11. The topological polar surface area (TPSA) is 44.8 Å². The van der Waals surface area contributed by atoms with Crippen molar-refractivity contribution in [2.24, 2.45) is 0 Å². The number of carbonyl (C=O) groups is 1. The summed E-state index contributed by atoms with van der Waals surface area (Å²) in [5.74, 6) is -8.78. The lowest BCUT2D eigenvalue weighted by molar-refractivity contribution is -0.393. The summed E-state index contributed by atoms with van der Waals surface area (Å²) in [4.78, 5) is 10.5. The molecule has 1 fully saturated rings. The zero-order chi connectivity index (χ0) is 12.6. The van der Waals surface area contributed by atoms with E-state index in [0.717, 1.165) is 0 Å². The van der Waals surface area contributed by atoms with Crippen LogP contribution in [0.2, 0.25) is 0 Å². The van der Waals surface area contributed by atoms with Crippen molar-refractivity contribution >= 4 is 6.16 Å². The molecule has 16 heavy (non-hydrogen) atoms. The van der Waals surface area contributed by atoms with Gasteiger partial charge in [0.05, 0.1) is 0 Å². The first-order chi connectivity index (χ1) is 7.16. The number of carbonyl (C=O) groups excluding carboxylic acids is 1. The maximum absolute atomic E-state index is 13.0. The molecule has 0 bridgehead atoms. The molecule has 1 atom stereocenters. The van der Waals surface area contributed by atoms with Gasteiger partial charge in [-0.05, 0) is 6.92 Å². The predicted octanol–water partition coefficient (Wildman–Crippen LogP) is 2.08. The molecular weight excluding hydrogens is 243 g/mol. The van der Waals surface area contributed by atoms with Crippen LogP contribution < -0.4 is 0 Å². The third-order valence-electron chi connectivity index (χ3n) is 1.84. The molecule has 0 amide bonds. The van der Waals surface area contributed by atoms with Crippen LogP contribution in [0.5, 0.6) is 0 Å². The largest absolute Gasteiger partial charge is 0.511 e. The molecule has 1 aliphatic rings. The van der Waals surface area contributed by atoms with Gasteiger partial charge in [0.15, 0.2) is 6.61 Å². The summed E-state index contributed by atoms with van der Waals surface area (Å²) in [6, 6.07) is 0. The maximum atomic E-state index is 13.0. The zero-order valence-corrected chi connectivity index (χ0v) is 7.94. The molecule has 0 aromatic carbocycles. The Morgan fingerprint density at radius 1 is 1.38 bits per heavy atom. The number of rotatable bonds is 3. The van der Waals surface area contributed by atoms with Crippen LogP contribution in [0.4, 0.5) is 26.7 Å². The molecule has 0 spiro atoms. The van der Waals surface area contributed by atoms with Crippen molar-refractivity contribution in [2.45, 2.75) is 24.8 Å². The molecule has 9 heteroatoms. The van der Waals surface area contributed by atoms with E-state index < -0.39 is 37.3 Å². The summed E-state index contributed by atoms with van der Waals surface area (Å²) >= 11 is 0. The first-order valence-corrected chi connectivity index (χ1v) is 4.10. The first-order valence-electron chi connectivity index (χ1n) is 4.10. The van der Waals surface area contributed by atoms with Crippen LogP contribution in [0.25, 0.3) is 0 Å². The van der Waals surface area contributed by atoms with Crippen molar-refractivity contribution in [3.05, 3.63) is 0 Å². The molecule has 1 rings (SSSR count). The number of hydrogen-bond acceptors (Lipinski definition) is 4. The summed E-state index contributed by atoms with van der Waals surface area (Å²) < 4.78 is 74.4. The number of cyclic esters (lactones) is 2. The van der Waals surface area contributed by atoms with Crippen molar-refractivity contribution < 1.29 is 41.0 Å². The molecule has 0 saturated carbocycles. The molecule has 0 aliphatic carbocycles. The van der Waals surface area contributed by atoms with Gasteiger partial charge in [0.25, 0.3) is 0 Å². The standard InChI is InChI=1S/C7H7F5O4/c1-2-15-5(3-14-4(13)16-5)6(8,9)7(10,11)12/h2-3H2,1H3. The summed E-state index contributed by atoms with van der Waals surface area (Å²) in [7, 11) is 0. The van der Waals surface area contributed by atoms with Gasteiger partial charge >= 0.3 is 24.0 Å². The third kappa shape index (κ3) is 1.79. The van der Waals surface area contributed by atoms with Gasteiger partial charge in [0.2, 0.25) is 0 Å². The van der Waals surface area contributed by atoms with E-state index in [1.807, 2.05) is 0 Å². The Hall–Kier alpha value is -1.12. The Kier molecular flexibility index (Phi) is 3.01. The monoisotopic (exact) mass is 250 g/mol. The Labute approximate surface area is 86.3 Å². The summed E-state index contributed by atoms with van der Waals surface area (Å²) in [5.41, 5.74) is 0. The maximum Gasteiger partial charge on any atom is 0.511 e. The minimum absolute atomic E-state index is 0.498. The normalized spacial score (nSPS) is 26.5. The van der Waals surface area contributed by atoms with Crippen LogP contribution in [0.1, 0.15) is 6.92 Å². The summed E-state index contributed by atoms with van der Waals surface area (Å²) in [5, 5.41) is 0. The Balaban J connectivity index is 3.07. The average molecular weight is 250 g/mol. The number of hydrogen-bond donors (Lipinski definition) is 0. The molecule has 4 nitrogen and oxygen atoms in total. The fraction of sp³-hybridized carbons (Fsp3) is 0.857. The van der Waals surface area contributed by atoms with Crippen LogP contribution >= 0.6 is 0 Å². The molecule has 0 aromatic rings. The number of halogens is 5. The lowest BCUT2D eigenvalue weighted by Crippen LogP contribution is -2.60. The minimum Gasteiger partial charge on any atom is -0.427 e. The highest BCUT2D eigenvalue weighted by atomic mass is 19.4. The van der Waals surface area contributed by atoms with Crippen molar-refractivity contribution in [1.82, 2.24) is 0 Å². The molecule has 0 N–H and O–H groups in total. The highest BCUT2D eigenvalue weighted by molar-refractivity contribution is 5.62. The van der Waals surface area contributed by atoms with Gasteiger partial charge < -0.3 is 14.2 Å². The summed E-state index contributed by atoms with van der Waals surface area (Å²) in [6.45, 7) is -0.630. The van der Waals surface area contributed by atoms with E-state index in [2.05, 4.69) is 14.2 Å². The van der Waals surface area contributed by atoms with E-state index >= 15 is 0 Å². The van der Waals surface area contributed by atoms with Gasteiger partial charge in [0, 0.05) is 6.61 Å². The quantitative estimate of drug-likeness (QED) is 0.568. The number of ether oxygens (including phenoxy) is 3. The summed E-state index contributed by atoms with van der Waals surface area (Å²) in [6.07, 6.45) is -7.53. The molecule has 1 unspecified atom stereocenters. The SMILES string of the molecule is CCOC1(C(F)(F)C(F)(F)F)COC(=O)O1. The lowest BCUT2D eigenvalue weighted by atomic mass is 10.1. The molecular formula is C7H7F5O4.